The van der Waals surface area contributed by atoms with Crippen LogP contribution >= 0.6 is 24.8 Å². The van der Waals surface area contributed by atoms with Crippen molar-refractivity contribution in [2.75, 3.05) is 0 Å². The molecule has 0 fully saturated rings. The Morgan fingerprint density at radius 3 is 1.62 bits per heavy atom. The molecule has 2 aromatic heterocycles. The van der Waals surface area contributed by atoms with Crippen molar-refractivity contribution in [1.82, 2.24) is 9.97 Å². The molecule has 0 saturated carbocycles. The van der Waals surface area contributed by atoms with Gasteiger partial charge < -0.3 is 18.9 Å². The van der Waals surface area contributed by atoms with Crippen LogP contribution in [-0.4, -0.2) is 22.5 Å². The van der Waals surface area contributed by atoms with Gasteiger partial charge >= 0.3 is 0 Å². The van der Waals surface area contributed by atoms with Gasteiger partial charge in [0.2, 0.25) is 0 Å². The first-order chi connectivity index (χ1) is 11.8. The Morgan fingerprint density at radius 2 is 1.23 bits per heavy atom. The molecule has 26 heavy (non-hydrogen) atoms. The Kier molecular flexibility index (Phi) is 9.65. The summed E-state index contributed by atoms with van der Waals surface area (Å²) in [4.78, 5) is 7.97. The molecule has 6 nitrogen and oxygen atoms in total. The van der Waals surface area contributed by atoms with Crippen LogP contribution in [0.2, 0.25) is 0 Å². The second-order valence-electron chi connectivity index (χ2n) is 5.50. The van der Waals surface area contributed by atoms with E-state index in [1.165, 1.54) is 0 Å². The van der Waals surface area contributed by atoms with Gasteiger partial charge in [0.1, 0.15) is 11.5 Å². The van der Waals surface area contributed by atoms with Crippen LogP contribution in [0.3, 0.4) is 0 Å². The zero-order valence-corrected chi connectivity index (χ0v) is 16.4. The number of hydrogen-bond acceptors (Lipinski definition) is 6. The number of hydrogen-bond donors (Lipinski definition) is 0. The number of rotatable bonds is 2. The van der Waals surface area contributed by atoms with E-state index in [1.807, 2.05) is 26.0 Å². The molecule has 0 saturated heterocycles. The first-order valence-electron chi connectivity index (χ1n) is 8.22. The highest BCUT2D eigenvalue weighted by Crippen LogP contribution is 2.26. The van der Waals surface area contributed by atoms with Crippen molar-refractivity contribution in [2.24, 2.45) is 0 Å². The van der Waals surface area contributed by atoms with Crippen LogP contribution in [0.1, 0.15) is 37.8 Å². The summed E-state index contributed by atoms with van der Waals surface area (Å²) in [5.41, 5.74) is 2.16. The standard InChI is InChI=1S/2C9H11NO2.2ClH/c2*1-2-9-11-6-7-3-4-10-5-8(7)12-9;;/h2*3-5,9H,2,6H2,1H3;2*1H. The minimum Gasteiger partial charge on any atom is -0.463 e. The number of nitrogens with zero attached hydrogens (tertiary/aromatic N) is 2. The highest BCUT2D eigenvalue weighted by atomic mass is 35.5. The van der Waals surface area contributed by atoms with Gasteiger partial charge in [-0.1, -0.05) is 13.8 Å². The second-order valence-corrected chi connectivity index (χ2v) is 5.50. The van der Waals surface area contributed by atoms with Crippen molar-refractivity contribution in [3.8, 4) is 11.5 Å². The van der Waals surface area contributed by atoms with Crippen LogP contribution in [0.4, 0.5) is 0 Å². The van der Waals surface area contributed by atoms with Crippen LogP contribution in [-0.2, 0) is 22.7 Å². The minimum absolute atomic E-state index is 0. The molecule has 2 aromatic rings. The molecule has 0 spiro atoms. The molecule has 2 aliphatic heterocycles. The molecule has 0 N–H and O–H groups in total. The van der Waals surface area contributed by atoms with Crippen molar-refractivity contribution < 1.29 is 18.9 Å². The maximum atomic E-state index is 5.50. The van der Waals surface area contributed by atoms with Crippen LogP contribution in [0, 0.1) is 0 Å². The van der Waals surface area contributed by atoms with Gasteiger partial charge in [-0.25, -0.2) is 0 Å². The first-order valence-corrected chi connectivity index (χ1v) is 8.22. The fourth-order valence-electron chi connectivity index (χ4n) is 2.39. The summed E-state index contributed by atoms with van der Waals surface area (Å²) >= 11 is 0. The predicted octanol–water partition coefficient (Wildman–Crippen LogP) is 4.30. The average Bonchev–Trinajstić information content (AvgIpc) is 2.67. The van der Waals surface area contributed by atoms with E-state index < -0.39 is 0 Å². The van der Waals surface area contributed by atoms with Crippen LogP contribution in [0.15, 0.2) is 36.9 Å². The van der Waals surface area contributed by atoms with Crippen molar-refractivity contribution in [1.29, 1.82) is 0 Å². The highest BCUT2D eigenvalue weighted by molar-refractivity contribution is 5.85. The average molecular weight is 403 g/mol. The lowest BCUT2D eigenvalue weighted by Crippen LogP contribution is -2.24. The van der Waals surface area contributed by atoms with E-state index >= 15 is 0 Å². The number of pyridine rings is 2. The zero-order chi connectivity index (χ0) is 16.8. The van der Waals surface area contributed by atoms with E-state index in [0.717, 1.165) is 35.5 Å². The summed E-state index contributed by atoms with van der Waals surface area (Å²) < 4.78 is 21.8. The van der Waals surface area contributed by atoms with Gasteiger partial charge in [0, 0.05) is 36.4 Å². The summed E-state index contributed by atoms with van der Waals surface area (Å²) in [5, 5.41) is 0. The molecule has 4 rings (SSSR count). The smallest absolute Gasteiger partial charge is 0.200 e. The van der Waals surface area contributed by atoms with Crippen molar-refractivity contribution in [2.45, 2.75) is 52.5 Å². The van der Waals surface area contributed by atoms with E-state index in [2.05, 4.69) is 9.97 Å². The quantitative estimate of drug-likeness (QED) is 0.745. The molecule has 2 atom stereocenters. The topological polar surface area (TPSA) is 62.7 Å². The second kappa shape index (κ2) is 11.2. The normalized spacial score (nSPS) is 19.6. The molecule has 0 radical (unpaired) electrons. The SMILES string of the molecule is CCC1OCc2ccncc2O1.CCC1OCc2ccncc2O1.Cl.Cl. The van der Waals surface area contributed by atoms with Gasteiger partial charge in [-0.15, -0.1) is 24.8 Å². The van der Waals surface area contributed by atoms with Gasteiger partial charge in [-0.3, -0.25) is 9.97 Å². The molecule has 2 unspecified atom stereocenters. The van der Waals surface area contributed by atoms with Gasteiger partial charge in [0.15, 0.2) is 12.6 Å². The first kappa shape index (κ1) is 22.4. The molecular formula is C18H24Cl2N2O4. The summed E-state index contributed by atoms with van der Waals surface area (Å²) in [5.74, 6) is 1.71. The number of ether oxygens (including phenoxy) is 4. The lowest BCUT2D eigenvalue weighted by atomic mass is 10.2. The third-order valence-electron chi connectivity index (χ3n) is 3.77. The Balaban J connectivity index is 0.000000241. The third kappa shape index (κ3) is 5.71. The summed E-state index contributed by atoms with van der Waals surface area (Å²) in [6, 6.07) is 3.84. The Morgan fingerprint density at radius 1 is 0.808 bits per heavy atom. The highest BCUT2D eigenvalue weighted by Gasteiger charge is 2.18. The molecule has 0 aromatic carbocycles. The zero-order valence-electron chi connectivity index (χ0n) is 14.8. The Bertz CT molecular complexity index is 618. The lowest BCUT2D eigenvalue weighted by Gasteiger charge is -2.24. The molecule has 0 amide bonds. The maximum absolute atomic E-state index is 5.50. The van der Waals surface area contributed by atoms with Gasteiger partial charge in [0.25, 0.3) is 0 Å². The van der Waals surface area contributed by atoms with Crippen LogP contribution in [0.25, 0.3) is 0 Å². The molecule has 4 heterocycles. The largest absolute Gasteiger partial charge is 0.463 e. The molecule has 0 aliphatic carbocycles. The number of halogens is 2. The predicted molar refractivity (Wildman–Crippen MR) is 102 cm³/mol. The van der Waals surface area contributed by atoms with E-state index in [9.17, 15) is 0 Å². The van der Waals surface area contributed by atoms with Crippen LogP contribution in [0.5, 0.6) is 11.5 Å². The van der Waals surface area contributed by atoms with Crippen molar-refractivity contribution in [3.63, 3.8) is 0 Å². The summed E-state index contributed by atoms with van der Waals surface area (Å²) in [7, 11) is 0. The maximum Gasteiger partial charge on any atom is 0.200 e. The van der Waals surface area contributed by atoms with Gasteiger partial charge in [-0.05, 0) is 12.1 Å². The Hall–Kier alpha value is -1.60. The molecule has 0 bridgehead atoms. The summed E-state index contributed by atoms with van der Waals surface area (Å²) in [6.45, 7) is 5.34. The molecule has 2 aliphatic rings. The monoisotopic (exact) mass is 402 g/mol. The lowest BCUT2D eigenvalue weighted by molar-refractivity contribution is -0.109. The number of aromatic nitrogens is 2. The van der Waals surface area contributed by atoms with Crippen molar-refractivity contribution >= 4 is 24.8 Å². The summed E-state index contributed by atoms with van der Waals surface area (Å²) in [6.07, 6.45) is 8.52. The van der Waals surface area contributed by atoms with Gasteiger partial charge in [0.05, 0.1) is 25.6 Å². The van der Waals surface area contributed by atoms with E-state index in [0.29, 0.717) is 13.2 Å². The number of fused-ring (bicyclic) bond motifs is 2. The van der Waals surface area contributed by atoms with Crippen LogP contribution < -0.4 is 9.47 Å². The van der Waals surface area contributed by atoms with E-state index in [1.54, 1.807) is 24.8 Å². The molecule has 144 valence electrons. The molecular weight excluding hydrogens is 379 g/mol. The fraction of sp³-hybridized carbons (Fsp3) is 0.444. The molecule has 8 heteroatoms. The van der Waals surface area contributed by atoms with E-state index in [-0.39, 0.29) is 37.4 Å². The minimum atomic E-state index is -0.0956. The Labute approximate surface area is 166 Å². The van der Waals surface area contributed by atoms with Crippen molar-refractivity contribution in [3.05, 3.63) is 48.0 Å². The fourth-order valence-corrected chi connectivity index (χ4v) is 2.39. The van der Waals surface area contributed by atoms with E-state index in [4.69, 9.17) is 18.9 Å². The third-order valence-corrected chi connectivity index (χ3v) is 3.77. The van der Waals surface area contributed by atoms with Gasteiger partial charge in [-0.2, -0.15) is 0 Å².